The van der Waals surface area contributed by atoms with Crippen molar-refractivity contribution in [3.8, 4) is 22.8 Å². The second-order valence-corrected chi connectivity index (χ2v) is 7.64. The third-order valence-corrected chi connectivity index (χ3v) is 5.49. The number of nitrogens with zero attached hydrogens (tertiary/aromatic N) is 3. The molecule has 8 nitrogen and oxygen atoms in total. The highest BCUT2D eigenvalue weighted by Gasteiger charge is 2.14. The van der Waals surface area contributed by atoms with Crippen LogP contribution in [-0.4, -0.2) is 45.9 Å². The van der Waals surface area contributed by atoms with Crippen LogP contribution in [0, 0.1) is 12.7 Å². The van der Waals surface area contributed by atoms with E-state index in [4.69, 9.17) is 9.47 Å². The number of rotatable bonds is 9. The monoisotopic (exact) mass is 464 g/mol. The van der Waals surface area contributed by atoms with Gasteiger partial charge in [0.1, 0.15) is 35.0 Å². The van der Waals surface area contributed by atoms with Crippen molar-refractivity contribution in [3.05, 3.63) is 65.9 Å². The van der Waals surface area contributed by atoms with Gasteiger partial charge in [0.2, 0.25) is 0 Å². The number of carbonyl (C=O) groups is 1. The number of aromatic nitrogens is 3. The van der Waals surface area contributed by atoms with Gasteiger partial charge in [-0.25, -0.2) is 19.2 Å². The van der Waals surface area contributed by atoms with Crippen molar-refractivity contribution in [3.63, 3.8) is 0 Å². The normalized spacial score (nSPS) is 10.9. The number of benzene rings is 2. The quantitative estimate of drug-likeness (QED) is 0.368. The smallest absolute Gasteiger partial charge is 0.339 e. The van der Waals surface area contributed by atoms with E-state index in [9.17, 15) is 14.3 Å². The lowest BCUT2D eigenvalue weighted by Gasteiger charge is -2.12. The fourth-order valence-electron chi connectivity index (χ4n) is 3.93. The average molecular weight is 464 g/mol. The first kappa shape index (κ1) is 23.0. The fourth-order valence-corrected chi connectivity index (χ4v) is 3.93. The summed E-state index contributed by atoms with van der Waals surface area (Å²) in [6.07, 6.45) is 1.44. The number of aromatic carboxylic acids is 1. The van der Waals surface area contributed by atoms with Crippen molar-refractivity contribution in [2.24, 2.45) is 0 Å². The molecule has 34 heavy (non-hydrogen) atoms. The largest absolute Gasteiger partial charge is 0.496 e. The van der Waals surface area contributed by atoms with Crippen LogP contribution in [0.1, 0.15) is 23.0 Å². The van der Waals surface area contributed by atoms with Crippen LogP contribution >= 0.6 is 0 Å². The first-order chi connectivity index (χ1) is 16.4. The molecule has 2 aromatic heterocycles. The van der Waals surface area contributed by atoms with Crippen molar-refractivity contribution in [2.75, 3.05) is 25.6 Å². The van der Waals surface area contributed by atoms with Gasteiger partial charge in [-0.15, -0.1) is 0 Å². The van der Waals surface area contributed by atoms with E-state index in [0.717, 1.165) is 16.6 Å². The first-order valence-corrected chi connectivity index (χ1v) is 10.8. The van der Waals surface area contributed by atoms with Gasteiger partial charge in [0, 0.05) is 41.9 Å². The van der Waals surface area contributed by atoms with Crippen LogP contribution in [0.3, 0.4) is 0 Å². The number of fused-ring (bicyclic) bond motifs is 1. The summed E-state index contributed by atoms with van der Waals surface area (Å²) in [7, 11) is 1.53. The molecular weight excluding hydrogens is 439 g/mol. The van der Waals surface area contributed by atoms with E-state index in [1.807, 2.05) is 17.6 Å². The Bertz CT molecular complexity index is 1350. The van der Waals surface area contributed by atoms with E-state index < -0.39 is 5.97 Å². The van der Waals surface area contributed by atoms with Crippen LogP contribution in [0.2, 0.25) is 0 Å². The standard InChI is InChI=1S/C25H25FN4O4/c1-4-34-23-10-16(5-6-18(23)25(31)32)20-13-24(29-14-28-20)27-7-8-30-15(2)9-19-21(30)11-17(26)12-22(19)33-3/h5-6,9-14H,4,7-8H2,1-3H3,(H,31,32)(H,27,28,29). The maximum absolute atomic E-state index is 14.0. The van der Waals surface area contributed by atoms with E-state index in [1.165, 1.54) is 31.6 Å². The molecule has 0 aliphatic rings. The predicted octanol–water partition coefficient (Wildman–Crippen LogP) is 4.76. The number of carboxylic acid groups (broad SMARTS) is 1. The third kappa shape index (κ3) is 4.63. The first-order valence-electron chi connectivity index (χ1n) is 10.8. The van der Waals surface area contributed by atoms with Gasteiger partial charge in [0.15, 0.2) is 0 Å². The molecule has 4 aromatic rings. The summed E-state index contributed by atoms with van der Waals surface area (Å²) in [5.74, 6) is 0.00907. The Morgan fingerprint density at radius 3 is 2.71 bits per heavy atom. The second kappa shape index (κ2) is 9.78. The van der Waals surface area contributed by atoms with Crippen LogP contribution in [0.5, 0.6) is 11.5 Å². The molecule has 176 valence electrons. The van der Waals surface area contributed by atoms with Crippen molar-refractivity contribution in [1.29, 1.82) is 0 Å². The SMILES string of the molecule is CCOc1cc(-c2cc(NCCn3c(C)cc4c(OC)cc(F)cc43)ncn2)ccc1C(=O)O. The van der Waals surface area contributed by atoms with Crippen LogP contribution in [0.25, 0.3) is 22.2 Å². The zero-order chi connectivity index (χ0) is 24.2. The van der Waals surface area contributed by atoms with E-state index >= 15 is 0 Å². The van der Waals surface area contributed by atoms with E-state index in [-0.39, 0.29) is 11.4 Å². The minimum Gasteiger partial charge on any atom is -0.496 e. The van der Waals surface area contributed by atoms with E-state index in [0.29, 0.717) is 48.3 Å². The van der Waals surface area contributed by atoms with Crippen molar-refractivity contribution in [1.82, 2.24) is 14.5 Å². The van der Waals surface area contributed by atoms with Crippen LogP contribution in [-0.2, 0) is 6.54 Å². The number of methoxy groups -OCH3 is 1. The molecule has 0 atom stereocenters. The highest BCUT2D eigenvalue weighted by atomic mass is 19.1. The minimum absolute atomic E-state index is 0.0976. The summed E-state index contributed by atoms with van der Waals surface area (Å²) in [5, 5.41) is 13.5. The number of aryl methyl sites for hydroxylation is 1. The summed E-state index contributed by atoms with van der Waals surface area (Å²) >= 11 is 0. The van der Waals surface area contributed by atoms with Gasteiger partial charge in [0.25, 0.3) is 0 Å². The van der Waals surface area contributed by atoms with Gasteiger partial charge < -0.3 is 24.5 Å². The van der Waals surface area contributed by atoms with Gasteiger partial charge in [0.05, 0.1) is 24.9 Å². The molecule has 0 spiro atoms. The van der Waals surface area contributed by atoms with Gasteiger partial charge in [-0.1, -0.05) is 6.07 Å². The zero-order valence-corrected chi connectivity index (χ0v) is 19.1. The lowest BCUT2D eigenvalue weighted by Crippen LogP contribution is -2.12. The second-order valence-electron chi connectivity index (χ2n) is 7.64. The lowest BCUT2D eigenvalue weighted by molar-refractivity contribution is 0.0692. The Balaban J connectivity index is 1.52. The molecule has 2 heterocycles. The van der Waals surface area contributed by atoms with Crippen molar-refractivity contribution < 1.29 is 23.8 Å². The van der Waals surface area contributed by atoms with Crippen LogP contribution in [0.15, 0.2) is 48.8 Å². The Labute approximate surface area is 196 Å². The van der Waals surface area contributed by atoms with E-state index in [1.54, 1.807) is 25.1 Å². The molecule has 0 bridgehead atoms. The maximum Gasteiger partial charge on any atom is 0.339 e. The summed E-state index contributed by atoms with van der Waals surface area (Å²) in [6, 6.07) is 11.5. The topological polar surface area (TPSA) is 98.5 Å². The van der Waals surface area contributed by atoms with Crippen LogP contribution in [0.4, 0.5) is 10.2 Å². The molecule has 9 heteroatoms. The minimum atomic E-state index is -1.05. The number of nitrogens with one attached hydrogen (secondary N) is 1. The summed E-state index contributed by atoms with van der Waals surface area (Å²) < 4.78 is 26.9. The molecule has 0 amide bonds. The van der Waals surface area contributed by atoms with E-state index in [2.05, 4.69) is 15.3 Å². The van der Waals surface area contributed by atoms with Gasteiger partial charge in [-0.2, -0.15) is 0 Å². The highest BCUT2D eigenvalue weighted by Crippen LogP contribution is 2.30. The van der Waals surface area contributed by atoms with Crippen molar-refractivity contribution in [2.45, 2.75) is 20.4 Å². The summed E-state index contributed by atoms with van der Waals surface area (Å²) in [4.78, 5) is 20.0. The number of anilines is 1. The van der Waals surface area contributed by atoms with Gasteiger partial charge >= 0.3 is 5.97 Å². The Hall–Kier alpha value is -4.14. The number of hydrogen-bond donors (Lipinski definition) is 2. The summed E-state index contributed by atoms with van der Waals surface area (Å²) in [5.41, 5.74) is 3.20. The Morgan fingerprint density at radius 2 is 1.97 bits per heavy atom. The molecule has 0 radical (unpaired) electrons. The van der Waals surface area contributed by atoms with Gasteiger partial charge in [-0.05, 0) is 38.1 Å². The molecule has 0 saturated carbocycles. The predicted molar refractivity (Wildman–Crippen MR) is 127 cm³/mol. The Kier molecular flexibility index (Phi) is 6.62. The highest BCUT2D eigenvalue weighted by molar-refractivity contribution is 5.92. The molecule has 4 rings (SSSR count). The molecule has 0 aliphatic heterocycles. The number of ether oxygens (including phenoxy) is 2. The molecule has 0 fully saturated rings. The molecule has 0 aliphatic carbocycles. The zero-order valence-electron chi connectivity index (χ0n) is 19.1. The summed E-state index contributed by atoms with van der Waals surface area (Å²) in [6.45, 7) is 5.25. The molecular formula is C25H25FN4O4. The molecule has 2 aromatic carbocycles. The lowest BCUT2D eigenvalue weighted by atomic mass is 10.1. The molecule has 2 N–H and O–H groups in total. The number of carboxylic acids is 1. The van der Waals surface area contributed by atoms with Crippen LogP contribution < -0.4 is 14.8 Å². The molecule has 0 unspecified atom stereocenters. The van der Waals surface area contributed by atoms with Gasteiger partial charge in [-0.3, -0.25) is 0 Å². The number of halogens is 1. The number of hydrogen-bond acceptors (Lipinski definition) is 6. The Morgan fingerprint density at radius 1 is 1.15 bits per heavy atom. The molecule has 0 saturated heterocycles. The fraction of sp³-hybridized carbons (Fsp3) is 0.240. The average Bonchev–Trinajstić information content (AvgIpc) is 3.13. The maximum atomic E-state index is 14.0. The third-order valence-electron chi connectivity index (χ3n) is 5.49. The van der Waals surface area contributed by atoms with Crippen molar-refractivity contribution >= 4 is 22.7 Å².